The van der Waals surface area contributed by atoms with E-state index in [1.54, 1.807) is 11.8 Å². The summed E-state index contributed by atoms with van der Waals surface area (Å²) in [6.07, 6.45) is 2.52. The summed E-state index contributed by atoms with van der Waals surface area (Å²) in [4.78, 5) is 10.9. The van der Waals surface area contributed by atoms with Crippen molar-refractivity contribution in [3.05, 3.63) is 35.9 Å². The number of rotatable bonds is 2. The molecule has 0 radical (unpaired) electrons. The molecule has 1 aromatic rings. The number of thioether (sulfide) groups is 1. The van der Waals surface area contributed by atoms with E-state index in [-0.39, 0.29) is 5.92 Å². The van der Waals surface area contributed by atoms with Crippen LogP contribution in [0.25, 0.3) is 0 Å². The molecular formula is C13H14N2O2S. The van der Waals surface area contributed by atoms with Crippen LogP contribution in [0.15, 0.2) is 35.4 Å². The van der Waals surface area contributed by atoms with Crippen molar-refractivity contribution in [2.45, 2.75) is 24.1 Å². The second kappa shape index (κ2) is 4.31. The molecule has 2 atom stereocenters. The van der Waals surface area contributed by atoms with Gasteiger partial charge in [-0.05, 0) is 19.3 Å². The summed E-state index contributed by atoms with van der Waals surface area (Å²) in [6.45, 7) is 0. The predicted octanol–water partition coefficient (Wildman–Crippen LogP) is 2.27. The molecule has 1 aromatic carbocycles. The number of hydrazone groups is 1. The first-order chi connectivity index (χ1) is 8.71. The molecule has 2 N–H and O–H groups in total. The number of aliphatic carboxylic acids is 1. The Bertz CT molecular complexity index is 503. The van der Waals surface area contributed by atoms with Gasteiger partial charge in [0.25, 0.3) is 0 Å². The quantitative estimate of drug-likeness (QED) is 0.858. The summed E-state index contributed by atoms with van der Waals surface area (Å²) in [7, 11) is 0. The average Bonchev–Trinajstić information content (AvgIpc) is 2.99. The molecule has 94 valence electrons. The molecular weight excluding hydrogens is 248 g/mol. The number of carbonyl (C=O) groups is 1. The zero-order valence-corrected chi connectivity index (χ0v) is 10.6. The van der Waals surface area contributed by atoms with Crippen LogP contribution >= 0.6 is 11.8 Å². The molecule has 1 heterocycles. The van der Waals surface area contributed by atoms with Gasteiger partial charge >= 0.3 is 5.97 Å². The van der Waals surface area contributed by atoms with Gasteiger partial charge in [0.2, 0.25) is 0 Å². The highest BCUT2D eigenvalue weighted by Crippen LogP contribution is 2.48. The van der Waals surface area contributed by atoms with Crippen LogP contribution in [0.5, 0.6) is 0 Å². The fourth-order valence-electron chi connectivity index (χ4n) is 2.62. The molecule has 18 heavy (non-hydrogen) atoms. The zero-order valence-electron chi connectivity index (χ0n) is 9.80. The van der Waals surface area contributed by atoms with Gasteiger partial charge in [-0.1, -0.05) is 42.1 Å². The van der Waals surface area contributed by atoms with Crippen molar-refractivity contribution < 1.29 is 9.90 Å². The Morgan fingerprint density at radius 3 is 2.94 bits per heavy atom. The lowest BCUT2D eigenvalue weighted by atomic mass is 10.0. The van der Waals surface area contributed by atoms with E-state index in [1.165, 1.54) is 0 Å². The van der Waals surface area contributed by atoms with Crippen molar-refractivity contribution in [1.82, 2.24) is 5.43 Å². The molecule has 1 aliphatic carbocycles. The highest BCUT2D eigenvalue weighted by molar-refractivity contribution is 8.15. The summed E-state index contributed by atoms with van der Waals surface area (Å²) >= 11 is 1.57. The zero-order chi connectivity index (χ0) is 12.6. The van der Waals surface area contributed by atoms with Gasteiger partial charge in [0.1, 0.15) is 9.91 Å². The molecule has 4 nitrogen and oxygen atoms in total. The largest absolute Gasteiger partial charge is 0.481 e. The minimum absolute atomic E-state index is 0.354. The van der Waals surface area contributed by atoms with Crippen LogP contribution in [0.1, 0.15) is 24.8 Å². The van der Waals surface area contributed by atoms with Crippen molar-refractivity contribution >= 4 is 22.8 Å². The van der Waals surface area contributed by atoms with E-state index >= 15 is 0 Å². The Hall–Kier alpha value is -1.49. The lowest BCUT2D eigenvalue weighted by molar-refractivity contribution is -0.142. The molecule has 5 heteroatoms. The van der Waals surface area contributed by atoms with Crippen molar-refractivity contribution in [2.75, 3.05) is 0 Å². The minimum atomic E-state index is -0.725. The first-order valence-electron chi connectivity index (χ1n) is 6.03. The lowest BCUT2D eigenvalue weighted by Gasteiger charge is -2.26. The molecule has 1 fully saturated rings. The fraction of sp³-hybridized carbons (Fsp3) is 0.385. The molecule has 0 bridgehead atoms. The van der Waals surface area contributed by atoms with Crippen LogP contribution in [-0.2, 0) is 4.79 Å². The minimum Gasteiger partial charge on any atom is -0.481 e. The Kier molecular flexibility index (Phi) is 2.78. The molecule has 2 unspecified atom stereocenters. The summed E-state index contributed by atoms with van der Waals surface area (Å²) in [5.74, 6) is -1.08. The Morgan fingerprint density at radius 2 is 2.22 bits per heavy atom. The summed E-state index contributed by atoms with van der Waals surface area (Å²) in [5, 5.41) is 14.5. The van der Waals surface area contributed by atoms with Crippen LogP contribution < -0.4 is 5.43 Å². The Morgan fingerprint density at radius 1 is 1.44 bits per heavy atom. The third kappa shape index (κ3) is 1.79. The lowest BCUT2D eigenvalue weighted by Crippen LogP contribution is -2.43. The van der Waals surface area contributed by atoms with Gasteiger partial charge in [-0.2, -0.15) is 5.10 Å². The Balaban J connectivity index is 1.83. The SMILES string of the molecule is O=C(O)C1CCCC12NN=C(c1ccccc1)S2. The normalized spacial score (nSPS) is 30.2. The number of nitrogens with one attached hydrogen (secondary N) is 1. The summed E-state index contributed by atoms with van der Waals surface area (Å²) in [5.41, 5.74) is 4.13. The first kappa shape index (κ1) is 11.6. The second-order valence-corrected chi connectivity index (χ2v) is 5.99. The van der Waals surface area contributed by atoms with Crippen LogP contribution in [0, 0.1) is 5.92 Å². The smallest absolute Gasteiger partial charge is 0.309 e. The highest BCUT2D eigenvalue weighted by Gasteiger charge is 2.51. The molecule has 0 aromatic heterocycles. The van der Waals surface area contributed by atoms with E-state index in [9.17, 15) is 9.90 Å². The van der Waals surface area contributed by atoms with Crippen LogP contribution in [0.3, 0.4) is 0 Å². The van der Waals surface area contributed by atoms with Crippen LogP contribution in [-0.4, -0.2) is 21.0 Å². The maximum Gasteiger partial charge on any atom is 0.309 e. The van der Waals surface area contributed by atoms with E-state index < -0.39 is 10.8 Å². The highest BCUT2D eigenvalue weighted by atomic mass is 32.2. The monoisotopic (exact) mass is 262 g/mol. The van der Waals surface area contributed by atoms with E-state index in [0.29, 0.717) is 0 Å². The predicted molar refractivity (Wildman–Crippen MR) is 71.4 cm³/mol. The van der Waals surface area contributed by atoms with Crippen molar-refractivity contribution in [3.8, 4) is 0 Å². The fourth-order valence-corrected chi connectivity index (χ4v) is 4.01. The maximum absolute atomic E-state index is 11.3. The van der Waals surface area contributed by atoms with Crippen molar-refractivity contribution in [2.24, 2.45) is 11.0 Å². The van der Waals surface area contributed by atoms with Gasteiger partial charge < -0.3 is 5.11 Å². The molecule has 1 saturated carbocycles. The van der Waals surface area contributed by atoms with Gasteiger partial charge in [0.05, 0.1) is 5.92 Å². The average molecular weight is 262 g/mol. The standard InChI is InChI=1S/C13H14N2O2S/c16-12(17)10-7-4-8-13(10)15-14-11(18-13)9-5-2-1-3-6-9/h1-3,5-6,10,15H,4,7-8H2,(H,16,17). The van der Waals surface area contributed by atoms with Gasteiger partial charge in [0, 0.05) is 5.56 Å². The number of hydrogen-bond donors (Lipinski definition) is 2. The van der Waals surface area contributed by atoms with Crippen LogP contribution in [0.4, 0.5) is 0 Å². The first-order valence-corrected chi connectivity index (χ1v) is 6.85. The topological polar surface area (TPSA) is 61.7 Å². The molecule has 2 aliphatic rings. The number of carboxylic acid groups (broad SMARTS) is 1. The number of benzene rings is 1. The number of carboxylic acids is 1. The van der Waals surface area contributed by atoms with E-state index in [0.717, 1.165) is 29.9 Å². The van der Waals surface area contributed by atoms with Crippen LogP contribution in [0.2, 0.25) is 0 Å². The van der Waals surface area contributed by atoms with E-state index in [4.69, 9.17) is 0 Å². The second-order valence-electron chi connectivity index (χ2n) is 4.67. The summed E-state index contributed by atoms with van der Waals surface area (Å²) < 4.78 is 0. The van der Waals surface area contributed by atoms with E-state index in [2.05, 4.69) is 10.5 Å². The van der Waals surface area contributed by atoms with Gasteiger partial charge in [-0.3, -0.25) is 10.2 Å². The van der Waals surface area contributed by atoms with Crippen molar-refractivity contribution in [3.63, 3.8) is 0 Å². The number of hydrogen-bond acceptors (Lipinski definition) is 4. The Labute approximate surface area is 109 Å². The summed E-state index contributed by atoms with van der Waals surface area (Å²) in [6, 6.07) is 9.89. The van der Waals surface area contributed by atoms with Gasteiger partial charge in [-0.15, -0.1) is 0 Å². The molecule has 0 amide bonds. The van der Waals surface area contributed by atoms with Gasteiger partial charge in [-0.25, -0.2) is 0 Å². The molecule has 0 saturated heterocycles. The van der Waals surface area contributed by atoms with E-state index in [1.807, 2.05) is 30.3 Å². The third-order valence-electron chi connectivity index (χ3n) is 3.55. The molecule has 3 rings (SSSR count). The number of nitrogens with zero attached hydrogens (tertiary/aromatic N) is 1. The third-order valence-corrected chi connectivity index (χ3v) is 5.01. The maximum atomic E-state index is 11.3. The van der Waals surface area contributed by atoms with Crippen molar-refractivity contribution in [1.29, 1.82) is 0 Å². The molecule has 1 spiro atoms. The van der Waals surface area contributed by atoms with Gasteiger partial charge in [0.15, 0.2) is 0 Å². The molecule has 1 aliphatic heterocycles.